The van der Waals surface area contributed by atoms with Gasteiger partial charge in [0, 0.05) is 5.39 Å². The van der Waals surface area contributed by atoms with Crippen LogP contribution in [0.15, 0.2) is 52.9 Å². The lowest BCUT2D eigenvalue weighted by Crippen LogP contribution is -2.18. The zero-order valence-electron chi connectivity index (χ0n) is 12.2. The molecule has 0 saturated carbocycles. The van der Waals surface area contributed by atoms with E-state index in [0.717, 1.165) is 23.2 Å². The van der Waals surface area contributed by atoms with Crippen molar-refractivity contribution in [1.29, 1.82) is 0 Å². The van der Waals surface area contributed by atoms with Crippen molar-refractivity contribution in [3.8, 4) is 0 Å². The first-order valence-electron chi connectivity index (χ1n) is 7.08. The minimum Gasteiger partial charge on any atom is -0.458 e. The van der Waals surface area contributed by atoms with Gasteiger partial charge in [-0.2, -0.15) is 0 Å². The molecule has 0 fully saturated rings. The van der Waals surface area contributed by atoms with Crippen LogP contribution in [0.4, 0.5) is 0 Å². The van der Waals surface area contributed by atoms with Gasteiger partial charge in [-0.1, -0.05) is 53.6 Å². The van der Waals surface area contributed by atoms with Crippen LogP contribution in [0.25, 0.3) is 11.0 Å². The Kier molecular flexibility index (Phi) is 4.00. The van der Waals surface area contributed by atoms with Crippen molar-refractivity contribution in [3.05, 3.63) is 70.4 Å². The van der Waals surface area contributed by atoms with Crippen molar-refractivity contribution in [3.63, 3.8) is 0 Å². The Bertz CT molecular complexity index is 763. The van der Waals surface area contributed by atoms with Crippen molar-refractivity contribution in [1.82, 2.24) is 5.32 Å². The quantitative estimate of drug-likeness (QED) is 0.741. The summed E-state index contributed by atoms with van der Waals surface area (Å²) in [5.41, 5.74) is 3.33. The Balaban J connectivity index is 1.93. The number of furan rings is 1. The third kappa shape index (κ3) is 2.97. The molecule has 1 heterocycles. The van der Waals surface area contributed by atoms with Crippen molar-refractivity contribution in [2.24, 2.45) is 0 Å². The van der Waals surface area contributed by atoms with Gasteiger partial charge in [0.05, 0.1) is 11.1 Å². The number of hydrogen-bond acceptors (Lipinski definition) is 2. The maximum atomic E-state index is 6.19. The largest absolute Gasteiger partial charge is 0.458 e. The molecule has 0 aliphatic heterocycles. The molecule has 3 heteroatoms. The predicted octanol–water partition coefficient (Wildman–Crippen LogP) is 4.90. The van der Waals surface area contributed by atoms with E-state index in [-0.39, 0.29) is 6.04 Å². The highest BCUT2D eigenvalue weighted by Gasteiger charge is 2.16. The molecule has 108 valence electrons. The normalized spacial score (nSPS) is 12.7. The van der Waals surface area contributed by atoms with Gasteiger partial charge in [0.15, 0.2) is 5.58 Å². The molecule has 1 aromatic heterocycles. The first-order chi connectivity index (χ1) is 10.2. The summed E-state index contributed by atoms with van der Waals surface area (Å²) in [5, 5.41) is 5.03. The van der Waals surface area contributed by atoms with Gasteiger partial charge in [0.2, 0.25) is 0 Å². The molecule has 1 atom stereocenters. The second-order valence-electron chi connectivity index (χ2n) is 5.34. The van der Waals surface area contributed by atoms with E-state index in [1.165, 1.54) is 11.1 Å². The van der Waals surface area contributed by atoms with Crippen molar-refractivity contribution < 1.29 is 4.42 Å². The van der Waals surface area contributed by atoms with Crippen LogP contribution in [0.1, 0.15) is 22.9 Å². The van der Waals surface area contributed by atoms with Crippen LogP contribution < -0.4 is 5.32 Å². The van der Waals surface area contributed by atoms with Crippen LogP contribution in [0, 0.1) is 6.92 Å². The standard InChI is InChI=1S/C18H18ClNO/c1-12-5-3-6-13(9-12)10-16(20-2)17-11-14-7-4-8-15(19)18(14)21-17/h3-9,11,16,20H,10H2,1-2H3. The number of fused-ring (bicyclic) bond motifs is 1. The summed E-state index contributed by atoms with van der Waals surface area (Å²) in [6.45, 7) is 2.11. The Labute approximate surface area is 129 Å². The minimum absolute atomic E-state index is 0.135. The van der Waals surface area contributed by atoms with E-state index >= 15 is 0 Å². The van der Waals surface area contributed by atoms with Crippen LogP contribution in [0.5, 0.6) is 0 Å². The highest BCUT2D eigenvalue weighted by Crippen LogP contribution is 2.30. The Morgan fingerprint density at radius 3 is 2.67 bits per heavy atom. The molecule has 21 heavy (non-hydrogen) atoms. The number of hydrogen-bond donors (Lipinski definition) is 1. The number of rotatable bonds is 4. The maximum absolute atomic E-state index is 6.19. The number of likely N-dealkylation sites (N-methyl/N-ethyl adjacent to an activating group) is 1. The first kappa shape index (κ1) is 14.2. The molecule has 2 aromatic carbocycles. The molecule has 0 bridgehead atoms. The van der Waals surface area contributed by atoms with E-state index in [1.807, 2.05) is 25.2 Å². The summed E-state index contributed by atoms with van der Waals surface area (Å²) in [6.07, 6.45) is 0.885. The fourth-order valence-electron chi connectivity index (χ4n) is 2.64. The number of halogens is 1. The van der Waals surface area contributed by atoms with Gasteiger partial charge in [0.25, 0.3) is 0 Å². The van der Waals surface area contributed by atoms with E-state index in [1.54, 1.807) is 0 Å². The average Bonchev–Trinajstić information content (AvgIpc) is 2.90. The highest BCUT2D eigenvalue weighted by molar-refractivity contribution is 6.34. The maximum Gasteiger partial charge on any atom is 0.152 e. The Morgan fingerprint density at radius 2 is 1.95 bits per heavy atom. The van der Waals surface area contributed by atoms with Gasteiger partial charge in [-0.3, -0.25) is 0 Å². The molecule has 0 aliphatic carbocycles. The molecule has 1 unspecified atom stereocenters. The predicted molar refractivity (Wildman–Crippen MR) is 87.9 cm³/mol. The van der Waals surface area contributed by atoms with E-state index in [2.05, 4.69) is 42.6 Å². The monoisotopic (exact) mass is 299 g/mol. The smallest absolute Gasteiger partial charge is 0.152 e. The van der Waals surface area contributed by atoms with Crippen molar-refractivity contribution in [2.75, 3.05) is 7.05 Å². The molecule has 1 N–H and O–H groups in total. The lowest BCUT2D eigenvalue weighted by Gasteiger charge is -2.14. The molecule has 0 aliphatic rings. The number of benzene rings is 2. The molecular weight excluding hydrogens is 282 g/mol. The van der Waals surface area contributed by atoms with Crippen molar-refractivity contribution in [2.45, 2.75) is 19.4 Å². The first-order valence-corrected chi connectivity index (χ1v) is 7.46. The fraction of sp³-hybridized carbons (Fsp3) is 0.222. The van der Waals surface area contributed by atoms with Crippen LogP contribution in [-0.4, -0.2) is 7.05 Å². The summed E-state index contributed by atoms with van der Waals surface area (Å²) in [5.74, 6) is 0.919. The van der Waals surface area contributed by atoms with Crippen LogP contribution >= 0.6 is 11.6 Å². The van der Waals surface area contributed by atoms with Gasteiger partial charge in [-0.25, -0.2) is 0 Å². The fourth-order valence-corrected chi connectivity index (χ4v) is 2.86. The van der Waals surface area contributed by atoms with Crippen LogP contribution in [0.2, 0.25) is 5.02 Å². The number of para-hydroxylation sites is 1. The second kappa shape index (κ2) is 5.92. The molecule has 3 aromatic rings. The molecule has 3 rings (SSSR count). The average molecular weight is 300 g/mol. The number of aryl methyl sites for hydroxylation is 1. The van der Waals surface area contributed by atoms with Crippen molar-refractivity contribution >= 4 is 22.6 Å². The molecular formula is C18H18ClNO. The van der Waals surface area contributed by atoms with Crippen LogP contribution in [0.3, 0.4) is 0 Å². The van der Waals surface area contributed by atoms with Gasteiger partial charge in [-0.05, 0) is 38.1 Å². The molecule has 0 radical (unpaired) electrons. The van der Waals surface area contributed by atoms with Gasteiger partial charge >= 0.3 is 0 Å². The second-order valence-corrected chi connectivity index (χ2v) is 5.75. The minimum atomic E-state index is 0.135. The van der Waals surface area contributed by atoms with Gasteiger partial charge in [-0.15, -0.1) is 0 Å². The topological polar surface area (TPSA) is 25.2 Å². The van der Waals surface area contributed by atoms with E-state index in [0.29, 0.717) is 5.02 Å². The van der Waals surface area contributed by atoms with Gasteiger partial charge in [0.1, 0.15) is 5.76 Å². The summed E-state index contributed by atoms with van der Waals surface area (Å²) in [7, 11) is 1.95. The summed E-state index contributed by atoms with van der Waals surface area (Å²) in [6, 6.07) is 16.6. The van der Waals surface area contributed by atoms with E-state index in [9.17, 15) is 0 Å². The van der Waals surface area contributed by atoms with Crippen LogP contribution in [-0.2, 0) is 6.42 Å². The lowest BCUT2D eigenvalue weighted by molar-refractivity contribution is 0.451. The molecule has 2 nitrogen and oxygen atoms in total. The molecule has 0 spiro atoms. The summed E-state index contributed by atoms with van der Waals surface area (Å²) >= 11 is 6.19. The van der Waals surface area contributed by atoms with Gasteiger partial charge < -0.3 is 9.73 Å². The lowest BCUT2D eigenvalue weighted by atomic mass is 10.0. The SMILES string of the molecule is CNC(Cc1cccc(C)c1)c1cc2cccc(Cl)c2o1. The third-order valence-corrected chi connectivity index (χ3v) is 4.03. The molecule has 0 saturated heterocycles. The number of nitrogens with one attached hydrogen (secondary N) is 1. The summed E-state index contributed by atoms with van der Waals surface area (Å²) < 4.78 is 5.96. The Hall–Kier alpha value is -1.77. The van der Waals surface area contributed by atoms with E-state index < -0.39 is 0 Å². The zero-order chi connectivity index (χ0) is 14.8. The third-order valence-electron chi connectivity index (χ3n) is 3.73. The van der Waals surface area contributed by atoms with E-state index in [4.69, 9.17) is 16.0 Å². The molecule has 0 amide bonds. The Morgan fingerprint density at radius 1 is 1.14 bits per heavy atom. The highest BCUT2D eigenvalue weighted by atomic mass is 35.5. The zero-order valence-corrected chi connectivity index (χ0v) is 12.9. The summed E-state index contributed by atoms with van der Waals surface area (Å²) in [4.78, 5) is 0.